The molecular weight excluding hydrogens is 324 g/mol. The maximum Gasteiger partial charge on any atom is 0.222 e. The Morgan fingerprint density at radius 3 is 2.75 bits per heavy atom. The summed E-state index contributed by atoms with van der Waals surface area (Å²) in [5.41, 5.74) is 1.05. The number of aryl methyl sites for hydroxylation is 1. The van der Waals surface area contributed by atoms with Crippen molar-refractivity contribution in [3.05, 3.63) is 16.7 Å². The van der Waals surface area contributed by atoms with Gasteiger partial charge >= 0.3 is 0 Å². The summed E-state index contributed by atoms with van der Waals surface area (Å²) in [5.74, 6) is 2.02. The van der Waals surface area contributed by atoms with Crippen molar-refractivity contribution in [2.75, 3.05) is 26.2 Å². The van der Waals surface area contributed by atoms with Crippen LogP contribution in [-0.4, -0.2) is 51.9 Å². The number of rotatable bonds is 7. The van der Waals surface area contributed by atoms with Crippen LogP contribution in [0.2, 0.25) is 5.15 Å². The molecule has 2 aliphatic rings. The van der Waals surface area contributed by atoms with E-state index in [-0.39, 0.29) is 0 Å². The zero-order valence-corrected chi connectivity index (χ0v) is 15.4. The zero-order chi connectivity index (χ0) is 16.9. The molecule has 0 saturated carbocycles. The van der Waals surface area contributed by atoms with Gasteiger partial charge < -0.3 is 9.88 Å². The summed E-state index contributed by atoms with van der Waals surface area (Å²) in [7, 11) is 0. The monoisotopic (exact) mass is 352 g/mol. The summed E-state index contributed by atoms with van der Waals surface area (Å²) < 4.78 is 0. The van der Waals surface area contributed by atoms with E-state index in [4.69, 9.17) is 11.6 Å². The van der Waals surface area contributed by atoms with E-state index in [1.807, 2.05) is 0 Å². The number of piperidine rings is 1. The number of hydrogen-bond acceptors (Lipinski definition) is 3. The van der Waals surface area contributed by atoms with Crippen molar-refractivity contribution in [1.29, 1.82) is 0 Å². The molecule has 24 heavy (non-hydrogen) atoms. The molecule has 134 valence electrons. The molecule has 2 aliphatic heterocycles. The van der Waals surface area contributed by atoms with Crippen molar-refractivity contribution in [1.82, 2.24) is 19.8 Å². The molecule has 1 aromatic heterocycles. The first-order valence-corrected chi connectivity index (χ1v) is 9.77. The van der Waals surface area contributed by atoms with Gasteiger partial charge in [0.05, 0.1) is 5.69 Å². The van der Waals surface area contributed by atoms with E-state index in [9.17, 15) is 4.79 Å². The zero-order valence-electron chi connectivity index (χ0n) is 14.7. The summed E-state index contributed by atoms with van der Waals surface area (Å²) in [6, 6.07) is 0. The molecule has 0 bridgehead atoms. The number of aromatic amines is 1. The second-order valence-electron chi connectivity index (χ2n) is 7.22. The van der Waals surface area contributed by atoms with Gasteiger partial charge in [0.1, 0.15) is 5.82 Å². The first-order chi connectivity index (χ1) is 11.7. The predicted molar refractivity (Wildman–Crippen MR) is 96.0 cm³/mol. The summed E-state index contributed by atoms with van der Waals surface area (Å²) in [4.78, 5) is 24.1. The van der Waals surface area contributed by atoms with Gasteiger partial charge in [-0.05, 0) is 44.7 Å². The number of unbranched alkanes of at least 4 members (excludes halogenated alkanes) is 1. The van der Waals surface area contributed by atoms with Gasteiger partial charge in [-0.15, -0.1) is 0 Å². The van der Waals surface area contributed by atoms with Gasteiger partial charge in [0.25, 0.3) is 0 Å². The van der Waals surface area contributed by atoms with Crippen molar-refractivity contribution in [3.8, 4) is 0 Å². The fourth-order valence-corrected chi connectivity index (χ4v) is 3.98. The second-order valence-corrected chi connectivity index (χ2v) is 7.58. The maximum absolute atomic E-state index is 11.8. The van der Waals surface area contributed by atoms with Crippen LogP contribution < -0.4 is 0 Å². The summed E-state index contributed by atoms with van der Waals surface area (Å²) in [6.07, 6.45) is 7.40. The number of aromatic nitrogens is 2. The van der Waals surface area contributed by atoms with Gasteiger partial charge in [-0.25, -0.2) is 4.98 Å². The molecule has 1 aromatic rings. The number of halogens is 1. The lowest BCUT2D eigenvalue weighted by Gasteiger charge is -2.33. The van der Waals surface area contributed by atoms with Gasteiger partial charge in [-0.1, -0.05) is 24.9 Å². The molecular formula is C18H29ClN4O. The number of nitrogens with zero attached hydrogens (tertiary/aromatic N) is 3. The molecule has 0 atom stereocenters. The number of hydrogen-bond donors (Lipinski definition) is 1. The van der Waals surface area contributed by atoms with Gasteiger partial charge in [0.15, 0.2) is 5.15 Å². The topological polar surface area (TPSA) is 52.2 Å². The molecule has 0 aliphatic carbocycles. The lowest BCUT2D eigenvalue weighted by atomic mass is 9.96. The molecule has 1 amide bonds. The van der Waals surface area contributed by atoms with E-state index in [2.05, 4.69) is 26.7 Å². The van der Waals surface area contributed by atoms with Crippen LogP contribution in [0.5, 0.6) is 0 Å². The van der Waals surface area contributed by atoms with E-state index < -0.39 is 0 Å². The largest absolute Gasteiger partial charge is 0.344 e. The van der Waals surface area contributed by atoms with Crippen molar-refractivity contribution in [2.24, 2.45) is 5.92 Å². The first-order valence-electron chi connectivity index (χ1n) is 9.39. The smallest absolute Gasteiger partial charge is 0.222 e. The molecule has 0 unspecified atom stereocenters. The minimum atomic E-state index is 0.348. The Balaban J connectivity index is 1.45. The van der Waals surface area contributed by atoms with Gasteiger partial charge in [0, 0.05) is 32.5 Å². The molecule has 0 radical (unpaired) electrons. The normalized spacial score (nSPS) is 20.2. The Morgan fingerprint density at radius 2 is 2.08 bits per heavy atom. The van der Waals surface area contributed by atoms with Crippen molar-refractivity contribution in [3.63, 3.8) is 0 Å². The Hall–Kier alpha value is -1.07. The Bertz CT molecular complexity index is 551. The Labute approximate surface area is 149 Å². The van der Waals surface area contributed by atoms with Crippen LogP contribution in [0.25, 0.3) is 0 Å². The number of H-pyrrole nitrogens is 1. The number of carbonyl (C=O) groups excluding carboxylic acids is 1. The quantitative estimate of drug-likeness (QED) is 0.819. The van der Waals surface area contributed by atoms with Gasteiger partial charge in [-0.2, -0.15) is 0 Å². The Kier molecular flexibility index (Phi) is 6.17. The van der Waals surface area contributed by atoms with E-state index >= 15 is 0 Å². The van der Waals surface area contributed by atoms with E-state index in [1.165, 1.54) is 6.42 Å². The highest BCUT2D eigenvalue weighted by molar-refractivity contribution is 6.30. The standard InChI is InChI=1S/C18H29ClN4O/c1-2-3-5-16-20-15(18(19)21-16)13-22-10-7-14(8-11-22)12-23-9-4-6-17(23)24/h14H,2-13H2,1H3,(H,20,21). The Morgan fingerprint density at radius 1 is 1.29 bits per heavy atom. The van der Waals surface area contributed by atoms with E-state index in [0.717, 1.165) is 82.8 Å². The molecule has 0 aromatic carbocycles. The molecule has 2 saturated heterocycles. The fraction of sp³-hybridized carbons (Fsp3) is 0.778. The second kappa shape index (κ2) is 8.34. The number of amides is 1. The van der Waals surface area contributed by atoms with Crippen molar-refractivity contribution < 1.29 is 4.79 Å². The lowest BCUT2D eigenvalue weighted by molar-refractivity contribution is -0.128. The van der Waals surface area contributed by atoms with Crippen LogP contribution in [0.3, 0.4) is 0 Å². The van der Waals surface area contributed by atoms with Crippen molar-refractivity contribution in [2.45, 2.75) is 58.4 Å². The summed E-state index contributed by atoms with van der Waals surface area (Å²) in [5, 5.41) is 0.630. The average Bonchev–Trinajstić information content (AvgIpc) is 3.13. The molecule has 0 spiro atoms. The van der Waals surface area contributed by atoms with E-state index in [0.29, 0.717) is 17.0 Å². The van der Waals surface area contributed by atoms with Gasteiger partial charge in [0.2, 0.25) is 5.91 Å². The van der Waals surface area contributed by atoms with Crippen LogP contribution in [0.4, 0.5) is 0 Å². The first kappa shape index (κ1) is 17.7. The highest BCUT2D eigenvalue weighted by Crippen LogP contribution is 2.23. The molecule has 6 heteroatoms. The third-order valence-electron chi connectivity index (χ3n) is 5.28. The van der Waals surface area contributed by atoms with Gasteiger partial charge in [-0.3, -0.25) is 9.69 Å². The van der Waals surface area contributed by atoms with Crippen LogP contribution >= 0.6 is 11.6 Å². The third-order valence-corrected chi connectivity index (χ3v) is 5.60. The number of imidazole rings is 1. The molecule has 3 heterocycles. The average molecular weight is 353 g/mol. The molecule has 1 N–H and O–H groups in total. The number of carbonyl (C=O) groups is 1. The van der Waals surface area contributed by atoms with Crippen LogP contribution in [0, 0.1) is 5.92 Å². The van der Waals surface area contributed by atoms with Crippen LogP contribution in [0.1, 0.15) is 57.0 Å². The fourth-order valence-electron chi connectivity index (χ4n) is 3.77. The minimum Gasteiger partial charge on any atom is -0.344 e. The summed E-state index contributed by atoms with van der Waals surface area (Å²) >= 11 is 6.29. The summed E-state index contributed by atoms with van der Waals surface area (Å²) in [6.45, 7) is 7.11. The lowest BCUT2D eigenvalue weighted by Crippen LogP contribution is -2.38. The van der Waals surface area contributed by atoms with Crippen LogP contribution in [-0.2, 0) is 17.8 Å². The molecule has 3 rings (SSSR count). The minimum absolute atomic E-state index is 0.348. The molecule has 5 nitrogen and oxygen atoms in total. The number of likely N-dealkylation sites (tertiary alicyclic amines) is 2. The SMILES string of the molecule is CCCCc1nc(Cl)c(CN2CCC(CN3CCCC3=O)CC2)[nH]1. The molecule has 2 fully saturated rings. The third kappa shape index (κ3) is 4.51. The predicted octanol–water partition coefficient (Wildman–Crippen LogP) is 3.24. The maximum atomic E-state index is 11.8. The highest BCUT2D eigenvalue weighted by atomic mass is 35.5. The van der Waals surface area contributed by atoms with Crippen molar-refractivity contribution >= 4 is 17.5 Å². The van der Waals surface area contributed by atoms with Crippen LogP contribution in [0.15, 0.2) is 0 Å². The highest BCUT2D eigenvalue weighted by Gasteiger charge is 2.26. The van der Waals surface area contributed by atoms with E-state index in [1.54, 1.807) is 0 Å². The number of nitrogens with one attached hydrogen (secondary N) is 1.